The van der Waals surface area contributed by atoms with Gasteiger partial charge in [0.25, 0.3) is 0 Å². The van der Waals surface area contributed by atoms with Gasteiger partial charge in [0.05, 0.1) is 17.8 Å². The fraction of sp³-hybridized carbons (Fsp3) is 0.318. The summed E-state index contributed by atoms with van der Waals surface area (Å²) < 4.78 is 5.78. The van der Waals surface area contributed by atoms with E-state index < -0.39 is 0 Å². The summed E-state index contributed by atoms with van der Waals surface area (Å²) in [7, 11) is 0. The van der Waals surface area contributed by atoms with Crippen molar-refractivity contribution in [3.63, 3.8) is 0 Å². The number of fused-ring (bicyclic) bond motifs is 1. The number of hydrogen-bond acceptors (Lipinski definition) is 4. The minimum atomic E-state index is 0.677. The predicted octanol–water partition coefficient (Wildman–Crippen LogP) is 3.96. The summed E-state index contributed by atoms with van der Waals surface area (Å²) in [4.78, 5) is 9.60. The molecule has 1 fully saturated rings. The highest BCUT2D eigenvalue weighted by Crippen LogP contribution is 2.31. The van der Waals surface area contributed by atoms with Crippen molar-refractivity contribution in [1.82, 2.24) is 9.88 Å². The van der Waals surface area contributed by atoms with Gasteiger partial charge >= 0.3 is 0 Å². The molecule has 134 valence electrons. The fourth-order valence-corrected chi connectivity index (χ4v) is 3.63. The van der Waals surface area contributed by atoms with Crippen molar-refractivity contribution in [2.24, 2.45) is 0 Å². The predicted molar refractivity (Wildman–Crippen MR) is 107 cm³/mol. The van der Waals surface area contributed by atoms with Crippen LogP contribution in [0.4, 0.5) is 5.69 Å². The minimum Gasteiger partial charge on any atom is -0.494 e. The Kier molecular flexibility index (Phi) is 5.02. The van der Waals surface area contributed by atoms with E-state index in [2.05, 4.69) is 63.3 Å². The van der Waals surface area contributed by atoms with Crippen molar-refractivity contribution in [1.29, 1.82) is 0 Å². The average Bonchev–Trinajstić information content (AvgIpc) is 2.69. The van der Waals surface area contributed by atoms with Crippen molar-refractivity contribution < 1.29 is 4.74 Å². The Morgan fingerprint density at radius 2 is 1.77 bits per heavy atom. The maximum atomic E-state index is 5.78. The molecule has 0 atom stereocenters. The van der Waals surface area contributed by atoms with Crippen molar-refractivity contribution in [3.8, 4) is 5.75 Å². The van der Waals surface area contributed by atoms with E-state index in [9.17, 15) is 0 Å². The van der Waals surface area contributed by atoms with E-state index in [-0.39, 0.29) is 0 Å². The smallest absolute Gasteiger partial charge is 0.122 e. The number of benzene rings is 2. The largest absolute Gasteiger partial charge is 0.494 e. The summed E-state index contributed by atoms with van der Waals surface area (Å²) in [5.41, 5.74) is 3.63. The van der Waals surface area contributed by atoms with Gasteiger partial charge in [-0.05, 0) is 24.6 Å². The first-order chi connectivity index (χ1) is 12.8. The molecule has 1 aliphatic heterocycles. The van der Waals surface area contributed by atoms with Gasteiger partial charge < -0.3 is 9.64 Å². The van der Waals surface area contributed by atoms with Crippen molar-refractivity contribution >= 4 is 16.6 Å². The molecule has 2 heterocycles. The Labute approximate surface area is 155 Å². The maximum Gasteiger partial charge on any atom is 0.122 e. The van der Waals surface area contributed by atoms with E-state index in [1.54, 1.807) is 0 Å². The zero-order valence-electron chi connectivity index (χ0n) is 15.3. The molecule has 0 radical (unpaired) electrons. The number of rotatable bonds is 5. The van der Waals surface area contributed by atoms with E-state index in [1.165, 1.54) is 11.3 Å². The molecule has 4 rings (SSSR count). The van der Waals surface area contributed by atoms with Crippen LogP contribution in [0, 0.1) is 0 Å². The van der Waals surface area contributed by atoms with Gasteiger partial charge in [0, 0.05) is 50.4 Å². The molecule has 0 unspecified atom stereocenters. The monoisotopic (exact) mass is 347 g/mol. The summed E-state index contributed by atoms with van der Waals surface area (Å²) >= 11 is 0. The molecule has 0 bridgehead atoms. The number of aromatic nitrogens is 1. The molecule has 0 aliphatic carbocycles. The van der Waals surface area contributed by atoms with Crippen LogP contribution in [0.2, 0.25) is 0 Å². The van der Waals surface area contributed by atoms with Crippen LogP contribution < -0.4 is 9.64 Å². The normalized spacial score (nSPS) is 15.3. The van der Waals surface area contributed by atoms with E-state index in [0.29, 0.717) is 6.61 Å². The quantitative estimate of drug-likeness (QED) is 0.699. The van der Waals surface area contributed by atoms with Gasteiger partial charge in [-0.15, -0.1) is 0 Å². The molecule has 1 saturated heterocycles. The van der Waals surface area contributed by atoms with Gasteiger partial charge in [-0.1, -0.05) is 36.4 Å². The van der Waals surface area contributed by atoms with Crippen molar-refractivity contribution in [3.05, 3.63) is 66.4 Å². The summed E-state index contributed by atoms with van der Waals surface area (Å²) in [5.74, 6) is 0.926. The van der Waals surface area contributed by atoms with Crippen molar-refractivity contribution in [2.45, 2.75) is 13.5 Å². The molecule has 0 spiro atoms. The lowest BCUT2D eigenvalue weighted by molar-refractivity contribution is 0.250. The van der Waals surface area contributed by atoms with E-state index >= 15 is 0 Å². The molecule has 26 heavy (non-hydrogen) atoms. The Bertz CT molecular complexity index is 858. The third kappa shape index (κ3) is 3.65. The molecule has 4 heteroatoms. The van der Waals surface area contributed by atoms with Crippen LogP contribution in [0.5, 0.6) is 5.75 Å². The highest BCUT2D eigenvalue weighted by Gasteiger charge is 2.20. The van der Waals surface area contributed by atoms with E-state index in [0.717, 1.165) is 49.4 Å². The standard InChI is InChI=1S/C22H25N3O/c1-2-26-20-15-19-9-6-10-23-22(19)21(16-20)25-13-11-24(12-14-25)17-18-7-4-3-5-8-18/h3-10,15-16H,2,11-14,17H2,1H3. The molecular weight excluding hydrogens is 322 g/mol. The first-order valence-electron chi connectivity index (χ1n) is 9.36. The van der Waals surface area contributed by atoms with Crippen LogP contribution >= 0.6 is 0 Å². The Morgan fingerprint density at radius 1 is 0.962 bits per heavy atom. The average molecular weight is 347 g/mol. The van der Waals surface area contributed by atoms with Gasteiger partial charge in [0.1, 0.15) is 5.75 Å². The second kappa shape index (κ2) is 7.75. The third-order valence-electron chi connectivity index (χ3n) is 4.93. The topological polar surface area (TPSA) is 28.6 Å². The number of anilines is 1. The summed E-state index contributed by atoms with van der Waals surface area (Å²) in [6.45, 7) is 7.85. The van der Waals surface area contributed by atoms with Crippen LogP contribution in [0.25, 0.3) is 10.9 Å². The summed E-state index contributed by atoms with van der Waals surface area (Å²) in [6.07, 6.45) is 1.87. The lowest BCUT2D eigenvalue weighted by Crippen LogP contribution is -2.46. The Morgan fingerprint density at radius 3 is 2.54 bits per heavy atom. The van der Waals surface area contributed by atoms with Gasteiger partial charge in [-0.2, -0.15) is 0 Å². The second-order valence-electron chi connectivity index (χ2n) is 6.70. The van der Waals surface area contributed by atoms with Crippen LogP contribution in [0.1, 0.15) is 12.5 Å². The zero-order chi connectivity index (χ0) is 17.8. The Balaban J connectivity index is 1.52. The van der Waals surface area contributed by atoms with Gasteiger partial charge in [-0.3, -0.25) is 9.88 Å². The van der Waals surface area contributed by atoms with Crippen LogP contribution in [0.15, 0.2) is 60.8 Å². The molecule has 0 amide bonds. The SMILES string of the molecule is CCOc1cc(N2CCN(Cc3ccccc3)CC2)c2ncccc2c1. The molecule has 4 nitrogen and oxygen atoms in total. The molecular formula is C22H25N3O. The Hall–Kier alpha value is -2.59. The van der Waals surface area contributed by atoms with Crippen LogP contribution in [-0.4, -0.2) is 42.7 Å². The number of nitrogens with zero attached hydrogens (tertiary/aromatic N) is 3. The molecule has 1 aromatic heterocycles. The number of pyridine rings is 1. The summed E-state index contributed by atoms with van der Waals surface area (Å²) in [5, 5.41) is 1.14. The first-order valence-corrected chi connectivity index (χ1v) is 9.36. The van der Waals surface area contributed by atoms with Gasteiger partial charge in [0.15, 0.2) is 0 Å². The molecule has 0 N–H and O–H groups in total. The molecule has 1 aliphatic rings. The number of hydrogen-bond donors (Lipinski definition) is 0. The molecule has 0 saturated carbocycles. The maximum absolute atomic E-state index is 5.78. The van der Waals surface area contributed by atoms with Gasteiger partial charge in [-0.25, -0.2) is 0 Å². The van der Waals surface area contributed by atoms with E-state index in [1.807, 2.05) is 19.2 Å². The minimum absolute atomic E-state index is 0.677. The fourth-order valence-electron chi connectivity index (χ4n) is 3.63. The highest BCUT2D eigenvalue weighted by molar-refractivity contribution is 5.92. The number of piperazine rings is 1. The van der Waals surface area contributed by atoms with E-state index in [4.69, 9.17) is 4.74 Å². The molecule has 2 aromatic carbocycles. The third-order valence-corrected chi connectivity index (χ3v) is 4.93. The van der Waals surface area contributed by atoms with Gasteiger partial charge in [0.2, 0.25) is 0 Å². The second-order valence-corrected chi connectivity index (χ2v) is 6.70. The van der Waals surface area contributed by atoms with Crippen LogP contribution in [-0.2, 0) is 6.54 Å². The zero-order valence-corrected chi connectivity index (χ0v) is 15.3. The summed E-state index contributed by atoms with van der Waals surface area (Å²) in [6, 6.07) is 19.0. The first kappa shape index (κ1) is 16.9. The highest BCUT2D eigenvalue weighted by atomic mass is 16.5. The van der Waals surface area contributed by atoms with Crippen molar-refractivity contribution in [2.75, 3.05) is 37.7 Å². The lowest BCUT2D eigenvalue weighted by atomic mass is 10.1. The van der Waals surface area contributed by atoms with Crippen LogP contribution in [0.3, 0.4) is 0 Å². The lowest BCUT2D eigenvalue weighted by Gasteiger charge is -2.36. The number of ether oxygens (including phenoxy) is 1. The molecule has 3 aromatic rings.